The summed E-state index contributed by atoms with van der Waals surface area (Å²) in [6, 6.07) is 7.03. The molecule has 1 aromatic carbocycles. The van der Waals surface area contributed by atoms with E-state index in [-0.39, 0.29) is 16.7 Å². The minimum absolute atomic E-state index is 0.0615. The molecule has 0 aliphatic heterocycles. The van der Waals surface area contributed by atoms with Crippen LogP contribution < -0.4 is 15.1 Å². The molecule has 34 heavy (non-hydrogen) atoms. The standard InChI is InChI=1S/C24H24F2N2O6/c1-4-13(2)8-7-9-15-12-18(30)33-22-19(15)23(28-21(27-22)20(25)26)34-24(31)16-10-5-6-11-17(16)32-14(3)29/h5-6,10-13,20H,4,7-9H2,1-3H3. The summed E-state index contributed by atoms with van der Waals surface area (Å²) < 4.78 is 42.3. The number of aryl methyl sites for hydroxylation is 1. The molecule has 8 nitrogen and oxygen atoms in total. The summed E-state index contributed by atoms with van der Waals surface area (Å²) in [5.41, 5.74) is -0.847. The Bertz CT molecular complexity index is 1260. The van der Waals surface area contributed by atoms with Crippen LogP contribution in [0.5, 0.6) is 11.6 Å². The van der Waals surface area contributed by atoms with E-state index < -0.39 is 41.4 Å². The first-order chi connectivity index (χ1) is 16.2. The highest BCUT2D eigenvalue weighted by atomic mass is 19.3. The van der Waals surface area contributed by atoms with Crippen LogP contribution >= 0.6 is 0 Å². The van der Waals surface area contributed by atoms with E-state index in [1.165, 1.54) is 31.2 Å². The molecule has 0 amide bonds. The lowest BCUT2D eigenvalue weighted by Gasteiger charge is -2.13. The fraction of sp³-hybridized carbons (Fsp3) is 0.375. The topological polar surface area (TPSA) is 109 Å². The molecule has 0 N–H and O–H groups in total. The van der Waals surface area contributed by atoms with Crippen LogP contribution in [-0.2, 0) is 11.2 Å². The Kier molecular flexibility index (Phi) is 8.04. The maximum atomic E-state index is 13.4. The van der Waals surface area contributed by atoms with Crippen LogP contribution in [0, 0.1) is 5.92 Å². The third kappa shape index (κ3) is 6.00. The van der Waals surface area contributed by atoms with Gasteiger partial charge in [0, 0.05) is 13.0 Å². The third-order valence-corrected chi connectivity index (χ3v) is 5.26. The molecule has 0 aliphatic rings. The van der Waals surface area contributed by atoms with E-state index in [2.05, 4.69) is 23.8 Å². The minimum Gasteiger partial charge on any atom is -0.426 e. The zero-order chi connectivity index (χ0) is 24.8. The summed E-state index contributed by atoms with van der Waals surface area (Å²) in [4.78, 5) is 43.7. The van der Waals surface area contributed by atoms with Gasteiger partial charge in [0.25, 0.3) is 6.43 Å². The van der Waals surface area contributed by atoms with E-state index in [9.17, 15) is 23.2 Å². The fourth-order valence-electron chi connectivity index (χ4n) is 3.36. The number of aromatic nitrogens is 2. The van der Waals surface area contributed by atoms with Crippen molar-refractivity contribution in [2.45, 2.75) is 52.9 Å². The van der Waals surface area contributed by atoms with Gasteiger partial charge in [-0.25, -0.2) is 18.4 Å². The third-order valence-electron chi connectivity index (χ3n) is 5.26. The highest BCUT2D eigenvalue weighted by molar-refractivity contribution is 5.96. The van der Waals surface area contributed by atoms with Crippen LogP contribution in [0.1, 0.15) is 68.2 Å². The first-order valence-electron chi connectivity index (χ1n) is 10.8. The molecule has 3 aromatic rings. The lowest BCUT2D eigenvalue weighted by Crippen LogP contribution is -2.15. The van der Waals surface area contributed by atoms with Crippen molar-refractivity contribution >= 4 is 23.0 Å². The molecule has 0 saturated heterocycles. The zero-order valence-electron chi connectivity index (χ0n) is 19.0. The smallest absolute Gasteiger partial charge is 0.348 e. The molecular weight excluding hydrogens is 450 g/mol. The monoisotopic (exact) mass is 474 g/mol. The van der Waals surface area contributed by atoms with Crippen molar-refractivity contribution < 1.29 is 32.3 Å². The Hall–Kier alpha value is -3.69. The van der Waals surface area contributed by atoms with Gasteiger partial charge in [-0.2, -0.15) is 9.97 Å². The summed E-state index contributed by atoms with van der Waals surface area (Å²) in [6.45, 7) is 5.34. The van der Waals surface area contributed by atoms with Crippen molar-refractivity contribution in [2.24, 2.45) is 5.92 Å². The molecule has 1 atom stereocenters. The van der Waals surface area contributed by atoms with Gasteiger partial charge in [-0.15, -0.1) is 0 Å². The van der Waals surface area contributed by atoms with Gasteiger partial charge in [0.2, 0.25) is 17.4 Å². The van der Waals surface area contributed by atoms with E-state index in [0.29, 0.717) is 24.3 Å². The maximum Gasteiger partial charge on any atom is 0.348 e. The highest BCUT2D eigenvalue weighted by Gasteiger charge is 2.24. The van der Waals surface area contributed by atoms with Crippen molar-refractivity contribution in [3.63, 3.8) is 0 Å². The van der Waals surface area contributed by atoms with Crippen LogP contribution in [0.15, 0.2) is 39.5 Å². The zero-order valence-corrected chi connectivity index (χ0v) is 19.0. The van der Waals surface area contributed by atoms with E-state index in [1.807, 2.05) is 0 Å². The normalized spacial score (nSPS) is 12.1. The summed E-state index contributed by atoms with van der Waals surface area (Å²) in [5.74, 6) is -2.67. The number of ether oxygens (including phenoxy) is 2. The molecule has 0 aliphatic carbocycles. The number of hydrogen-bond acceptors (Lipinski definition) is 8. The van der Waals surface area contributed by atoms with E-state index in [0.717, 1.165) is 12.8 Å². The molecule has 0 radical (unpaired) electrons. The number of benzene rings is 1. The van der Waals surface area contributed by atoms with Gasteiger partial charge in [-0.3, -0.25) is 4.79 Å². The molecule has 0 fully saturated rings. The van der Waals surface area contributed by atoms with Crippen molar-refractivity contribution in [3.8, 4) is 11.6 Å². The lowest BCUT2D eigenvalue weighted by molar-refractivity contribution is -0.131. The van der Waals surface area contributed by atoms with Crippen LogP contribution in [0.4, 0.5) is 8.78 Å². The number of alkyl halides is 2. The number of rotatable bonds is 9. The number of halogens is 2. The molecule has 3 rings (SSSR count). The second-order valence-corrected chi connectivity index (χ2v) is 7.84. The van der Waals surface area contributed by atoms with Crippen LogP contribution in [0.2, 0.25) is 0 Å². The Labute approximate surface area is 193 Å². The minimum atomic E-state index is -3.10. The van der Waals surface area contributed by atoms with E-state index >= 15 is 0 Å². The summed E-state index contributed by atoms with van der Waals surface area (Å²) in [5, 5.41) is 0.0615. The van der Waals surface area contributed by atoms with Gasteiger partial charge in [0.1, 0.15) is 16.7 Å². The van der Waals surface area contributed by atoms with Crippen LogP contribution in [-0.4, -0.2) is 21.9 Å². The van der Waals surface area contributed by atoms with Gasteiger partial charge in [0.15, 0.2) is 0 Å². The Morgan fingerprint density at radius 3 is 2.56 bits per heavy atom. The average molecular weight is 474 g/mol. The lowest BCUT2D eigenvalue weighted by atomic mass is 9.98. The number of esters is 2. The summed E-state index contributed by atoms with van der Waals surface area (Å²) >= 11 is 0. The SMILES string of the molecule is CCC(C)CCCc1cc(=O)oc2nc(C(F)F)nc(OC(=O)c3ccccc3OC(C)=O)c12. The van der Waals surface area contributed by atoms with Crippen molar-refractivity contribution in [1.82, 2.24) is 9.97 Å². The van der Waals surface area contributed by atoms with E-state index in [4.69, 9.17) is 13.9 Å². The molecule has 10 heteroatoms. The van der Waals surface area contributed by atoms with Crippen molar-refractivity contribution in [1.29, 1.82) is 0 Å². The van der Waals surface area contributed by atoms with Crippen molar-refractivity contribution in [3.05, 3.63) is 57.7 Å². The van der Waals surface area contributed by atoms with E-state index in [1.54, 1.807) is 6.07 Å². The molecule has 2 aromatic heterocycles. The first-order valence-corrected chi connectivity index (χ1v) is 10.8. The summed E-state index contributed by atoms with van der Waals surface area (Å²) in [7, 11) is 0. The van der Waals surface area contributed by atoms with Crippen LogP contribution in [0.3, 0.4) is 0 Å². The number of carbonyl (C=O) groups is 2. The van der Waals surface area contributed by atoms with Gasteiger partial charge < -0.3 is 13.9 Å². The second kappa shape index (κ2) is 11.0. The molecule has 180 valence electrons. The van der Waals surface area contributed by atoms with Gasteiger partial charge in [0.05, 0.1) is 0 Å². The number of fused-ring (bicyclic) bond motifs is 1. The molecule has 0 spiro atoms. The number of carbonyl (C=O) groups excluding carboxylic acids is 2. The average Bonchev–Trinajstić information content (AvgIpc) is 2.78. The largest absolute Gasteiger partial charge is 0.426 e. The second-order valence-electron chi connectivity index (χ2n) is 7.84. The quantitative estimate of drug-likeness (QED) is 0.314. The maximum absolute atomic E-state index is 13.4. The Balaban J connectivity index is 2.07. The van der Waals surface area contributed by atoms with Gasteiger partial charge in [-0.05, 0) is 36.5 Å². The number of para-hydroxylation sites is 1. The molecule has 2 heterocycles. The van der Waals surface area contributed by atoms with Gasteiger partial charge >= 0.3 is 17.6 Å². The fourth-order valence-corrected chi connectivity index (χ4v) is 3.36. The molecule has 1 unspecified atom stereocenters. The Morgan fingerprint density at radius 2 is 1.88 bits per heavy atom. The van der Waals surface area contributed by atoms with Gasteiger partial charge in [-0.1, -0.05) is 38.8 Å². The van der Waals surface area contributed by atoms with Crippen molar-refractivity contribution in [2.75, 3.05) is 0 Å². The Morgan fingerprint density at radius 1 is 1.15 bits per heavy atom. The first kappa shape index (κ1) is 24.9. The number of nitrogens with zero attached hydrogens (tertiary/aromatic N) is 2. The molecular formula is C24H24F2N2O6. The predicted octanol–water partition coefficient (Wildman–Crippen LogP) is 5.03. The highest BCUT2D eigenvalue weighted by Crippen LogP contribution is 2.31. The van der Waals surface area contributed by atoms with Crippen LogP contribution in [0.25, 0.3) is 11.1 Å². The number of hydrogen-bond donors (Lipinski definition) is 0. The predicted molar refractivity (Wildman–Crippen MR) is 118 cm³/mol. The molecule has 0 saturated carbocycles. The summed E-state index contributed by atoms with van der Waals surface area (Å²) in [6.07, 6.45) is -0.137. The molecule has 0 bridgehead atoms.